The van der Waals surface area contributed by atoms with Crippen molar-refractivity contribution in [3.05, 3.63) is 0 Å². The molecular formula is C12H22O. The number of hydrogen-bond donors (Lipinski definition) is 0. The third kappa shape index (κ3) is 1.63. The number of rotatable bonds is 1. The summed E-state index contributed by atoms with van der Waals surface area (Å²) in [4.78, 5) is 0. The molecule has 1 heteroatoms. The van der Waals surface area contributed by atoms with Crippen LogP contribution in [0.3, 0.4) is 0 Å². The van der Waals surface area contributed by atoms with E-state index in [2.05, 4.69) is 13.8 Å². The highest BCUT2D eigenvalue weighted by Gasteiger charge is 2.40. The lowest BCUT2D eigenvalue weighted by Crippen LogP contribution is -2.42. The van der Waals surface area contributed by atoms with Crippen LogP contribution in [0.5, 0.6) is 0 Å². The minimum atomic E-state index is 0.557. The van der Waals surface area contributed by atoms with Crippen molar-refractivity contribution in [1.82, 2.24) is 0 Å². The molecule has 0 heterocycles. The van der Waals surface area contributed by atoms with Crippen LogP contribution in [0.25, 0.3) is 0 Å². The number of ether oxygens (including phenoxy) is 1. The van der Waals surface area contributed by atoms with Gasteiger partial charge < -0.3 is 4.74 Å². The zero-order valence-electron chi connectivity index (χ0n) is 9.12. The summed E-state index contributed by atoms with van der Waals surface area (Å²) in [5, 5.41) is 0. The standard InChI is InChI=1S/C12H22O/c1-8-4-5-10-7-11(8)12(13-3)6-9(10)2/h8-12H,4-7H2,1-3H3. The van der Waals surface area contributed by atoms with Gasteiger partial charge in [0, 0.05) is 7.11 Å². The third-order valence-electron chi connectivity index (χ3n) is 4.49. The Morgan fingerprint density at radius 1 is 1.00 bits per heavy atom. The zero-order chi connectivity index (χ0) is 9.42. The average molecular weight is 182 g/mol. The summed E-state index contributed by atoms with van der Waals surface area (Å²) in [5.74, 6) is 3.66. The molecule has 0 aromatic heterocycles. The van der Waals surface area contributed by atoms with Gasteiger partial charge in [-0.05, 0) is 42.9 Å². The Bertz CT molecular complexity index is 178. The summed E-state index contributed by atoms with van der Waals surface area (Å²) in [7, 11) is 1.89. The topological polar surface area (TPSA) is 9.23 Å². The summed E-state index contributed by atoms with van der Waals surface area (Å²) in [6, 6.07) is 0. The van der Waals surface area contributed by atoms with Crippen molar-refractivity contribution in [2.45, 2.75) is 45.6 Å². The van der Waals surface area contributed by atoms with E-state index >= 15 is 0 Å². The van der Waals surface area contributed by atoms with E-state index in [0.29, 0.717) is 6.10 Å². The van der Waals surface area contributed by atoms with E-state index in [0.717, 1.165) is 23.7 Å². The Morgan fingerprint density at radius 2 is 1.77 bits per heavy atom. The molecule has 0 spiro atoms. The van der Waals surface area contributed by atoms with Crippen LogP contribution in [-0.4, -0.2) is 13.2 Å². The monoisotopic (exact) mass is 182 g/mol. The second-order valence-corrected chi connectivity index (χ2v) is 5.20. The van der Waals surface area contributed by atoms with Gasteiger partial charge in [0.15, 0.2) is 0 Å². The van der Waals surface area contributed by atoms with E-state index in [-0.39, 0.29) is 0 Å². The van der Waals surface area contributed by atoms with Crippen molar-refractivity contribution in [2.24, 2.45) is 23.7 Å². The molecule has 2 aliphatic carbocycles. The molecule has 76 valence electrons. The second kappa shape index (κ2) is 3.61. The van der Waals surface area contributed by atoms with E-state index in [1.54, 1.807) is 0 Å². The van der Waals surface area contributed by atoms with E-state index in [4.69, 9.17) is 4.74 Å². The fraction of sp³-hybridized carbons (Fsp3) is 1.00. The molecule has 2 aliphatic rings. The third-order valence-corrected chi connectivity index (χ3v) is 4.49. The van der Waals surface area contributed by atoms with Crippen LogP contribution in [0.4, 0.5) is 0 Å². The highest BCUT2D eigenvalue weighted by Crippen LogP contribution is 2.46. The Hall–Kier alpha value is -0.0400. The molecule has 2 saturated carbocycles. The first-order valence-electron chi connectivity index (χ1n) is 5.75. The first-order valence-corrected chi connectivity index (χ1v) is 5.75. The van der Waals surface area contributed by atoms with Gasteiger partial charge in [0.2, 0.25) is 0 Å². The summed E-state index contributed by atoms with van der Waals surface area (Å²) in [5.41, 5.74) is 0. The number of hydrogen-bond acceptors (Lipinski definition) is 1. The molecule has 0 radical (unpaired) electrons. The number of fused-ring (bicyclic) bond motifs is 2. The molecule has 5 unspecified atom stereocenters. The molecule has 5 atom stereocenters. The molecule has 0 N–H and O–H groups in total. The normalized spacial score (nSPS) is 50.5. The van der Waals surface area contributed by atoms with Crippen LogP contribution >= 0.6 is 0 Å². The van der Waals surface area contributed by atoms with Crippen LogP contribution in [0, 0.1) is 23.7 Å². The van der Waals surface area contributed by atoms with Crippen molar-refractivity contribution in [1.29, 1.82) is 0 Å². The molecule has 1 nitrogen and oxygen atoms in total. The molecule has 2 bridgehead atoms. The molecule has 0 amide bonds. The summed E-state index contributed by atoms with van der Waals surface area (Å²) >= 11 is 0. The van der Waals surface area contributed by atoms with Gasteiger partial charge in [0.25, 0.3) is 0 Å². The maximum Gasteiger partial charge on any atom is 0.0604 e. The maximum atomic E-state index is 5.62. The van der Waals surface area contributed by atoms with Crippen molar-refractivity contribution in [3.63, 3.8) is 0 Å². The van der Waals surface area contributed by atoms with Crippen LogP contribution < -0.4 is 0 Å². The molecule has 0 aliphatic heterocycles. The smallest absolute Gasteiger partial charge is 0.0604 e. The molecule has 13 heavy (non-hydrogen) atoms. The Morgan fingerprint density at radius 3 is 2.46 bits per heavy atom. The largest absolute Gasteiger partial charge is 0.381 e. The lowest BCUT2D eigenvalue weighted by molar-refractivity contribution is -0.0564. The van der Waals surface area contributed by atoms with Crippen molar-refractivity contribution >= 4 is 0 Å². The summed E-state index contributed by atoms with van der Waals surface area (Å²) < 4.78 is 5.62. The van der Waals surface area contributed by atoms with Crippen molar-refractivity contribution in [2.75, 3.05) is 7.11 Å². The molecule has 2 rings (SSSR count). The van der Waals surface area contributed by atoms with Crippen molar-refractivity contribution < 1.29 is 4.74 Å². The van der Waals surface area contributed by atoms with Crippen molar-refractivity contribution in [3.8, 4) is 0 Å². The fourth-order valence-electron chi connectivity index (χ4n) is 3.43. The summed E-state index contributed by atoms with van der Waals surface area (Å²) in [6.45, 7) is 4.81. The van der Waals surface area contributed by atoms with Gasteiger partial charge >= 0.3 is 0 Å². The van der Waals surface area contributed by atoms with Crippen LogP contribution in [-0.2, 0) is 4.74 Å². The molecule has 0 aromatic carbocycles. The highest BCUT2D eigenvalue weighted by atomic mass is 16.5. The van der Waals surface area contributed by atoms with E-state index in [9.17, 15) is 0 Å². The van der Waals surface area contributed by atoms with Gasteiger partial charge in [-0.3, -0.25) is 0 Å². The van der Waals surface area contributed by atoms with Crippen LogP contribution in [0.1, 0.15) is 39.5 Å². The Balaban J connectivity index is 2.08. The van der Waals surface area contributed by atoms with E-state index in [1.165, 1.54) is 25.7 Å². The Kier molecular flexibility index (Phi) is 2.64. The fourth-order valence-corrected chi connectivity index (χ4v) is 3.43. The first kappa shape index (κ1) is 9.51. The lowest BCUT2D eigenvalue weighted by atomic mass is 9.62. The maximum absolute atomic E-state index is 5.62. The quantitative estimate of drug-likeness (QED) is 0.605. The summed E-state index contributed by atoms with van der Waals surface area (Å²) in [6.07, 6.45) is 6.19. The van der Waals surface area contributed by atoms with Crippen LogP contribution in [0.15, 0.2) is 0 Å². The molecule has 0 saturated heterocycles. The molecule has 2 fully saturated rings. The Labute approximate surface area is 81.9 Å². The SMILES string of the molecule is COC1CC(C)C2CCC(C)C1C2. The minimum Gasteiger partial charge on any atom is -0.381 e. The average Bonchev–Trinajstić information content (AvgIpc) is 2.15. The predicted molar refractivity (Wildman–Crippen MR) is 54.6 cm³/mol. The number of methoxy groups -OCH3 is 1. The van der Waals surface area contributed by atoms with Gasteiger partial charge in [0.1, 0.15) is 0 Å². The molecule has 0 aromatic rings. The highest BCUT2D eigenvalue weighted by molar-refractivity contribution is 4.91. The van der Waals surface area contributed by atoms with Gasteiger partial charge in [0.05, 0.1) is 6.10 Å². The zero-order valence-corrected chi connectivity index (χ0v) is 9.12. The first-order chi connectivity index (χ1) is 6.22. The van der Waals surface area contributed by atoms with E-state index < -0.39 is 0 Å². The lowest BCUT2D eigenvalue weighted by Gasteiger charge is -2.46. The second-order valence-electron chi connectivity index (χ2n) is 5.20. The van der Waals surface area contributed by atoms with Gasteiger partial charge in [-0.15, -0.1) is 0 Å². The molecular weight excluding hydrogens is 160 g/mol. The minimum absolute atomic E-state index is 0.557. The van der Waals surface area contributed by atoms with Gasteiger partial charge in [-0.25, -0.2) is 0 Å². The van der Waals surface area contributed by atoms with Gasteiger partial charge in [-0.1, -0.05) is 20.3 Å². The van der Waals surface area contributed by atoms with Gasteiger partial charge in [-0.2, -0.15) is 0 Å². The van der Waals surface area contributed by atoms with E-state index in [1.807, 2.05) is 7.11 Å². The van der Waals surface area contributed by atoms with Crippen LogP contribution in [0.2, 0.25) is 0 Å². The predicted octanol–water partition coefficient (Wildman–Crippen LogP) is 3.09.